The van der Waals surface area contributed by atoms with E-state index in [-0.39, 0.29) is 0 Å². The highest BCUT2D eigenvalue weighted by Gasteiger charge is 2.14. The number of hydrogen-bond donors (Lipinski definition) is 0. The van der Waals surface area contributed by atoms with E-state index in [0.29, 0.717) is 75.5 Å². The SMILES string of the molecule is COc1c(C=O)cc(C)cc1COCc1cccc(COCc2cc(C)cc(COCc3cccc(COCc4cc(C)cc(C=O)c4OC)c3)c2OC)c1. The fraction of sp³-hybridized carbons (Fsp3) is 0.304. The second kappa shape index (κ2) is 20.4. The molecule has 0 radical (unpaired) electrons. The molecule has 0 heterocycles. The molecule has 9 nitrogen and oxygen atoms in total. The summed E-state index contributed by atoms with van der Waals surface area (Å²) in [6.07, 6.45) is 1.61. The predicted molar refractivity (Wildman–Crippen MR) is 211 cm³/mol. The summed E-state index contributed by atoms with van der Waals surface area (Å²) in [6, 6.07) is 28.0. The molecular weight excluding hydrogens is 696 g/mol. The summed E-state index contributed by atoms with van der Waals surface area (Å²) in [4.78, 5) is 23.0. The largest absolute Gasteiger partial charge is 0.496 e. The molecule has 9 heteroatoms. The maximum absolute atomic E-state index is 11.5. The number of methoxy groups -OCH3 is 3. The van der Waals surface area contributed by atoms with E-state index in [0.717, 1.165) is 79.5 Å². The zero-order valence-electron chi connectivity index (χ0n) is 32.6. The first-order valence-corrected chi connectivity index (χ1v) is 18.1. The van der Waals surface area contributed by atoms with Crippen molar-refractivity contribution in [2.75, 3.05) is 21.3 Å². The molecule has 0 aromatic heterocycles. The Kier molecular flexibility index (Phi) is 15.1. The summed E-state index contributed by atoms with van der Waals surface area (Å²) in [5, 5.41) is 0. The smallest absolute Gasteiger partial charge is 0.153 e. The quantitative estimate of drug-likeness (QED) is 0.0681. The van der Waals surface area contributed by atoms with Crippen LogP contribution in [0.1, 0.15) is 81.9 Å². The molecule has 0 spiro atoms. The monoisotopic (exact) mass is 746 g/mol. The summed E-state index contributed by atoms with van der Waals surface area (Å²) >= 11 is 0. The predicted octanol–water partition coefficient (Wildman–Crippen LogP) is 9.13. The Balaban J connectivity index is 1.12. The second-order valence-electron chi connectivity index (χ2n) is 13.6. The summed E-state index contributed by atoms with van der Waals surface area (Å²) in [5.74, 6) is 1.85. The Labute approximate surface area is 324 Å². The number of hydrogen-bond acceptors (Lipinski definition) is 9. The lowest BCUT2D eigenvalue weighted by Gasteiger charge is -2.16. The first-order chi connectivity index (χ1) is 26.7. The van der Waals surface area contributed by atoms with Crippen LogP contribution in [0.15, 0.2) is 84.9 Å². The van der Waals surface area contributed by atoms with Crippen molar-refractivity contribution in [3.8, 4) is 17.2 Å². The van der Waals surface area contributed by atoms with Crippen molar-refractivity contribution >= 4 is 12.6 Å². The Hall–Kier alpha value is -5.32. The number of aldehydes is 2. The molecule has 55 heavy (non-hydrogen) atoms. The number of carbonyl (C=O) groups excluding carboxylic acids is 2. The van der Waals surface area contributed by atoms with E-state index < -0.39 is 0 Å². The second-order valence-corrected chi connectivity index (χ2v) is 13.6. The Bertz CT molecular complexity index is 1930. The van der Waals surface area contributed by atoms with Crippen molar-refractivity contribution in [1.29, 1.82) is 0 Å². The van der Waals surface area contributed by atoms with Gasteiger partial charge in [-0.1, -0.05) is 78.4 Å². The van der Waals surface area contributed by atoms with E-state index in [9.17, 15) is 9.59 Å². The van der Waals surface area contributed by atoms with E-state index in [1.807, 2.05) is 62.4 Å². The highest BCUT2D eigenvalue weighted by Crippen LogP contribution is 2.29. The van der Waals surface area contributed by atoms with Crippen LogP contribution in [0.25, 0.3) is 0 Å². The fourth-order valence-corrected chi connectivity index (χ4v) is 6.78. The van der Waals surface area contributed by atoms with Crippen molar-refractivity contribution < 1.29 is 42.7 Å². The van der Waals surface area contributed by atoms with Crippen LogP contribution in [0.3, 0.4) is 0 Å². The third kappa shape index (κ3) is 11.3. The van der Waals surface area contributed by atoms with Crippen molar-refractivity contribution in [2.24, 2.45) is 0 Å². The van der Waals surface area contributed by atoms with Gasteiger partial charge in [-0.25, -0.2) is 0 Å². The van der Waals surface area contributed by atoms with E-state index in [2.05, 4.69) is 31.2 Å². The minimum atomic E-state index is 0.323. The number of carbonyl (C=O) groups is 2. The van der Waals surface area contributed by atoms with Crippen molar-refractivity contribution in [3.63, 3.8) is 0 Å². The Morgan fingerprint density at radius 2 is 0.691 bits per heavy atom. The standard InChI is InChI=1S/C46H50O9/c1-31-13-38(21-47)44(49-4)40(15-31)27-52-23-34-9-7-11-36(19-34)25-54-29-42-17-33(3)18-43(46(42)51-6)30-55-26-37-12-8-10-35(20-37)24-53-28-41-16-32(2)14-39(22-48)45(41)50-5/h7-22H,23-30H2,1-6H3. The average Bonchev–Trinajstić information content (AvgIpc) is 3.17. The van der Waals surface area contributed by atoms with Crippen LogP contribution in [0.4, 0.5) is 0 Å². The molecule has 0 amide bonds. The van der Waals surface area contributed by atoms with Gasteiger partial charge in [-0.05, 0) is 66.3 Å². The minimum absolute atomic E-state index is 0.323. The molecule has 0 aliphatic rings. The van der Waals surface area contributed by atoms with Crippen LogP contribution < -0.4 is 14.2 Å². The van der Waals surface area contributed by atoms with Crippen LogP contribution >= 0.6 is 0 Å². The zero-order valence-corrected chi connectivity index (χ0v) is 32.6. The van der Waals surface area contributed by atoms with E-state index in [1.54, 1.807) is 33.5 Å². The van der Waals surface area contributed by atoms with Gasteiger partial charge in [0.05, 0.1) is 85.3 Å². The molecule has 0 atom stereocenters. The van der Waals surface area contributed by atoms with Crippen molar-refractivity contribution in [3.05, 3.63) is 157 Å². The highest BCUT2D eigenvalue weighted by atomic mass is 16.5. The van der Waals surface area contributed by atoms with E-state index in [1.165, 1.54) is 0 Å². The zero-order chi connectivity index (χ0) is 39.2. The van der Waals surface area contributed by atoms with Crippen LogP contribution in [0.2, 0.25) is 0 Å². The molecule has 5 aromatic rings. The first kappa shape index (κ1) is 40.9. The molecule has 0 bridgehead atoms. The van der Waals surface area contributed by atoms with Gasteiger partial charge < -0.3 is 33.2 Å². The van der Waals surface area contributed by atoms with Crippen LogP contribution in [0.5, 0.6) is 17.2 Å². The van der Waals surface area contributed by atoms with Gasteiger partial charge in [-0.3, -0.25) is 9.59 Å². The molecule has 0 unspecified atom stereocenters. The van der Waals surface area contributed by atoms with Gasteiger partial charge >= 0.3 is 0 Å². The van der Waals surface area contributed by atoms with Gasteiger partial charge in [-0.15, -0.1) is 0 Å². The number of rotatable bonds is 21. The van der Waals surface area contributed by atoms with E-state index in [4.69, 9.17) is 33.2 Å². The maximum Gasteiger partial charge on any atom is 0.153 e. The molecule has 0 aliphatic carbocycles. The molecule has 5 aromatic carbocycles. The number of ether oxygens (including phenoxy) is 7. The molecule has 0 saturated heterocycles. The molecule has 0 aliphatic heterocycles. The highest BCUT2D eigenvalue weighted by molar-refractivity contribution is 5.81. The third-order valence-corrected chi connectivity index (χ3v) is 9.02. The lowest BCUT2D eigenvalue weighted by Crippen LogP contribution is -2.04. The maximum atomic E-state index is 11.5. The Morgan fingerprint density at radius 1 is 0.400 bits per heavy atom. The van der Waals surface area contributed by atoms with Crippen molar-refractivity contribution in [1.82, 2.24) is 0 Å². The minimum Gasteiger partial charge on any atom is -0.496 e. The van der Waals surface area contributed by atoms with E-state index >= 15 is 0 Å². The number of benzene rings is 5. The topological polar surface area (TPSA) is 98.8 Å². The Morgan fingerprint density at radius 3 is 0.982 bits per heavy atom. The molecular formula is C46H50O9. The normalized spacial score (nSPS) is 11.0. The fourth-order valence-electron chi connectivity index (χ4n) is 6.78. The van der Waals surface area contributed by atoms with Crippen LogP contribution in [0, 0.1) is 20.8 Å². The molecule has 5 rings (SSSR count). The summed E-state index contributed by atoms with van der Waals surface area (Å²) in [6.45, 7) is 8.99. The van der Waals surface area contributed by atoms with Gasteiger partial charge in [0.2, 0.25) is 0 Å². The first-order valence-electron chi connectivity index (χ1n) is 18.1. The molecule has 0 fully saturated rings. The lowest BCUT2D eigenvalue weighted by atomic mass is 10.1. The molecule has 0 saturated carbocycles. The number of aryl methyl sites for hydroxylation is 3. The third-order valence-electron chi connectivity index (χ3n) is 9.02. The molecule has 0 N–H and O–H groups in total. The summed E-state index contributed by atoms with van der Waals surface area (Å²) in [7, 11) is 4.79. The molecule has 288 valence electrons. The van der Waals surface area contributed by atoms with Gasteiger partial charge in [0.1, 0.15) is 17.2 Å². The lowest BCUT2D eigenvalue weighted by molar-refractivity contribution is 0.0977. The van der Waals surface area contributed by atoms with Crippen molar-refractivity contribution in [2.45, 2.75) is 73.6 Å². The van der Waals surface area contributed by atoms with Gasteiger partial charge in [-0.2, -0.15) is 0 Å². The van der Waals surface area contributed by atoms with Crippen LogP contribution in [-0.4, -0.2) is 33.9 Å². The van der Waals surface area contributed by atoms with Crippen LogP contribution in [-0.2, 0) is 71.8 Å². The summed E-state index contributed by atoms with van der Waals surface area (Å²) < 4.78 is 41.2. The summed E-state index contributed by atoms with van der Waals surface area (Å²) in [5.41, 5.74) is 11.8. The van der Waals surface area contributed by atoms with Gasteiger partial charge in [0.25, 0.3) is 0 Å². The average molecular weight is 747 g/mol. The van der Waals surface area contributed by atoms with Gasteiger partial charge in [0.15, 0.2) is 12.6 Å². The van der Waals surface area contributed by atoms with Gasteiger partial charge in [0, 0.05) is 22.3 Å².